The second-order valence-electron chi connectivity index (χ2n) is 6.20. The van der Waals surface area contributed by atoms with Crippen LogP contribution in [0, 0.1) is 5.41 Å². The molecule has 0 saturated heterocycles. The van der Waals surface area contributed by atoms with Crippen molar-refractivity contribution in [3.8, 4) is 0 Å². The minimum absolute atomic E-state index is 0.0166. The summed E-state index contributed by atoms with van der Waals surface area (Å²) in [6.45, 7) is 7.26. The van der Waals surface area contributed by atoms with Gasteiger partial charge in [0, 0.05) is 6.54 Å². The Labute approximate surface area is 128 Å². The Kier molecular flexibility index (Phi) is 6.90. The van der Waals surface area contributed by atoms with E-state index in [9.17, 15) is 8.42 Å². The molecule has 1 aromatic heterocycles. The molecule has 0 saturated carbocycles. The molecule has 0 bridgehead atoms. The summed E-state index contributed by atoms with van der Waals surface area (Å²) in [7, 11) is -1.78. The van der Waals surface area contributed by atoms with Crippen molar-refractivity contribution in [1.82, 2.24) is 10.0 Å². The van der Waals surface area contributed by atoms with Gasteiger partial charge < -0.3 is 9.73 Å². The van der Waals surface area contributed by atoms with Gasteiger partial charge in [0.05, 0.1) is 6.54 Å². The second kappa shape index (κ2) is 7.96. The number of rotatable bonds is 10. The maximum Gasteiger partial charge on any atom is 0.273 e. The molecule has 0 atom stereocenters. The molecule has 1 aromatic rings. The zero-order valence-corrected chi connectivity index (χ0v) is 14.3. The Morgan fingerprint density at radius 2 is 1.95 bits per heavy atom. The van der Waals surface area contributed by atoms with E-state index < -0.39 is 10.0 Å². The van der Waals surface area contributed by atoms with Gasteiger partial charge in [0.25, 0.3) is 10.0 Å². The lowest BCUT2D eigenvalue weighted by Gasteiger charge is -2.24. The average molecular weight is 316 g/mol. The Bertz CT molecular complexity index is 521. The highest BCUT2D eigenvalue weighted by Gasteiger charge is 2.24. The smallest absolute Gasteiger partial charge is 0.273 e. The molecule has 6 heteroatoms. The largest absolute Gasteiger partial charge is 0.447 e. The van der Waals surface area contributed by atoms with Crippen molar-refractivity contribution in [3.05, 3.63) is 17.9 Å². The van der Waals surface area contributed by atoms with Crippen LogP contribution in [0.25, 0.3) is 0 Å². The summed E-state index contributed by atoms with van der Waals surface area (Å²) >= 11 is 0. The molecule has 0 aliphatic heterocycles. The topological polar surface area (TPSA) is 71.3 Å². The van der Waals surface area contributed by atoms with Gasteiger partial charge in [-0.1, -0.05) is 40.0 Å². The van der Waals surface area contributed by atoms with Crippen LogP contribution in [0.1, 0.15) is 52.2 Å². The first-order valence-corrected chi connectivity index (χ1v) is 9.02. The fourth-order valence-corrected chi connectivity index (χ4v) is 3.26. The molecule has 2 N–H and O–H groups in total. The van der Waals surface area contributed by atoms with Crippen molar-refractivity contribution in [2.75, 3.05) is 13.6 Å². The third-order valence-electron chi connectivity index (χ3n) is 3.45. The van der Waals surface area contributed by atoms with E-state index >= 15 is 0 Å². The molecule has 21 heavy (non-hydrogen) atoms. The van der Waals surface area contributed by atoms with Gasteiger partial charge in [0.2, 0.25) is 5.09 Å². The van der Waals surface area contributed by atoms with Crippen molar-refractivity contribution >= 4 is 10.0 Å². The maximum absolute atomic E-state index is 12.2. The van der Waals surface area contributed by atoms with Gasteiger partial charge in [0.15, 0.2) is 0 Å². The van der Waals surface area contributed by atoms with Crippen LogP contribution in [0.2, 0.25) is 0 Å². The van der Waals surface area contributed by atoms with Gasteiger partial charge in [-0.3, -0.25) is 0 Å². The number of nitrogens with one attached hydrogen (secondary N) is 2. The summed E-state index contributed by atoms with van der Waals surface area (Å²) in [5, 5.41) is 2.91. The summed E-state index contributed by atoms with van der Waals surface area (Å²) in [5.74, 6) is 0.611. The molecule has 1 rings (SSSR count). The van der Waals surface area contributed by atoms with Gasteiger partial charge in [0.1, 0.15) is 5.76 Å². The van der Waals surface area contributed by atoms with Crippen LogP contribution in [0.4, 0.5) is 0 Å². The summed E-state index contributed by atoms with van der Waals surface area (Å²) < 4.78 is 32.4. The lowest BCUT2D eigenvalue weighted by Crippen LogP contribution is -2.33. The Balaban J connectivity index is 2.59. The molecule has 5 nitrogen and oxygen atoms in total. The molecular weight excluding hydrogens is 288 g/mol. The fraction of sp³-hybridized carbons (Fsp3) is 0.733. The molecule has 0 radical (unpaired) electrons. The Morgan fingerprint density at radius 3 is 2.57 bits per heavy atom. The molecular formula is C15H28N2O3S. The van der Waals surface area contributed by atoms with Gasteiger partial charge in [-0.25, -0.2) is 13.1 Å². The van der Waals surface area contributed by atoms with Crippen LogP contribution in [0.5, 0.6) is 0 Å². The summed E-state index contributed by atoms with van der Waals surface area (Å²) in [4.78, 5) is 0. The molecule has 0 aromatic carbocycles. The van der Waals surface area contributed by atoms with E-state index in [4.69, 9.17) is 4.42 Å². The molecule has 0 fully saturated rings. The predicted molar refractivity (Wildman–Crippen MR) is 84.6 cm³/mol. The van der Waals surface area contributed by atoms with Crippen LogP contribution in [0.15, 0.2) is 21.6 Å². The molecule has 0 amide bonds. The molecule has 0 spiro atoms. The molecule has 0 unspecified atom stereocenters. The first kappa shape index (κ1) is 18.2. The fourth-order valence-electron chi connectivity index (χ4n) is 2.08. The van der Waals surface area contributed by atoms with Gasteiger partial charge >= 0.3 is 0 Å². The highest BCUT2D eigenvalue weighted by atomic mass is 32.2. The molecule has 1 heterocycles. The number of hydrogen-bond acceptors (Lipinski definition) is 4. The van der Waals surface area contributed by atoms with Crippen molar-refractivity contribution in [3.63, 3.8) is 0 Å². The van der Waals surface area contributed by atoms with Crippen molar-refractivity contribution < 1.29 is 12.8 Å². The summed E-state index contributed by atoms with van der Waals surface area (Å²) in [5.41, 5.74) is -0.0529. The average Bonchev–Trinajstić information content (AvgIpc) is 2.87. The van der Waals surface area contributed by atoms with Crippen LogP contribution in [-0.2, 0) is 16.6 Å². The third kappa shape index (κ3) is 6.20. The van der Waals surface area contributed by atoms with E-state index in [2.05, 4.69) is 30.8 Å². The number of sulfonamides is 1. The summed E-state index contributed by atoms with van der Waals surface area (Å²) in [6, 6.07) is 3.18. The monoisotopic (exact) mass is 316 g/mol. The van der Waals surface area contributed by atoms with Crippen LogP contribution >= 0.6 is 0 Å². The quantitative estimate of drug-likeness (QED) is 0.651. The van der Waals surface area contributed by atoms with E-state index in [-0.39, 0.29) is 10.5 Å². The number of furan rings is 1. The highest BCUT2D eigenvalue weighted by Crippen LogP contribution is 2.24. The minimum atomic E-state index is -3.57. The zero-order chi connectivity index (χ0) is 15.9. The first-order valence-electron chi connectivity index (χ1n) is 7.54. The lowest BCUT2D eigenvalue weighted by molar-refractivity contribution is 0.318. The lowest BCUT2D eigenvalue weighted by atomic mass is 9.87. The minimum Gasteiger partial charge on any atom is -0.447 e. The molecule has 0 aliphatic carbocycles. The van der Waals surface area contributed by atoms with E-state index in [1.54, 1.807) is 13.1 Å². The van der Waals surface area contributed by atoms with Crippen LogP contribution in [0.3, 0.4) is 0 Å². The van der Waals surface area contributed by atoms with Crippen molar-refractivity contribution in [2.24, 2.45) is 5.41 Å². The standard InChI is InChI=1S/C15H28N2O3S/c1-5-6-7-10-15(2,3)12-17-21(18,19)14-9-8-13(20-14)11-16-4/h8-9,16-17H,5-7,10-12H2,1-4H3. The number of hydrogen-bond donors (Lipinski definition) is 2. The van der Waals surface area contributed by atoms with E-state index in [0.717, 1.165) is 12.8 Å². The zero-order valence-electron chi connectivity index (χ0n) is 13.5. The van der Waals surface area contributed by atoms with Crippen molar-refractivity contribution in [1.29, 1.82) is 0 Å². The van der Waals surface area contributed by atoms with E-state index in [1.165, 1.54) is 18.9 Å². The molecule has 0 aliphatic rings. The highest BCUT2D eigenvalue weighted by molar-refractivity contribution is 7.89. The SMILES string of the molecule is CCCCCC(C)(C)CNS(=O)(=O)c1ccc(CNC)o1. The van der Waals surface area contributed by atoms with Crippen LogP contribution < -0.4 is 10.0 Å². The Hall–Kier alpha value is -0.850. The normalized spacial score (nSPS) is 12.8. The number of unbranched alkanes of at least 4 members (excludes halogenated alkanes) is 2. The molecule has 122 valence electrons. The van der Waals surface area contributed by atoms with E-state index in [0.29, 0.717) is 18.8 Å². The Morgan fingerprint density at radius 1 is 1.24 bits per heavy atom. The third-order valence-corrected chi connectivity index (χ3v) is 4.72. The summed E-state index contributed by atoms with van der Waals surface area (Å²) in [6.07, 6.45) is 4.48. The second-order valence-corrected chi connectivity index (χ2v) is 7.89. The van der Waals surface area contributed by atoms with Crippen molar-refractivity contribution in [2.45, 2.75) is 58.1 Å². The van der Waals surface area contributed by atoms with Gasteiger partial charge in [-0.2, -0.15) is 0 Å². The maximum atomic E-state index is 12.2. The first-order chi connectivity index (χ1) is 9.80. The van der Waals surface area contributed by atoms with Crippen LogP contribution in [-0.4, -0.2) is 22.0 Å². The van der Waals surface area contributed by atoms with E-state index in [1.807, 2.05) is 0 Å². The van der Waals surface area contributed by atoms with Gasteiger partial charge in [-0.15, -0.1) is 0 Å². The van der Waals surface area contributed by atoms with Gasteiger partial charge in [-0.05, 0) is 31.0 Å². The predicted octanol–water partition coefficient (Wildman–Crippen LogP) is 2.88.